The fourth-order valence-corrected chi connectivity index (χ4v) is 4.49. The molecule has 1 amide bonds. The molecule has 0 bridgehead atoms. The fraction of sp³-hybridized carbons (Fsp3) is 0.250. The van der Waals surface area contributed by atoms with Crippen molar-refractivity contribution in [3.8, 4) is 0 Å². The van der Waals surface area contributed by atoms with Crippen LogP contribution >= 0.6 is 23.4 Å². The number of carbonyl (C=O) groups is 1. The van der Waals surface area contributed by atoms with Gasteiger partial charge < -0.3 is 10.7 Å². The van der Waals surface area contributed by atoms with Crippen LogP contribution in [-0.4, -0.2) is 26.0 Å². The number of hydrogen-bond donors (Lipinski definition) is 2. The number of anilines is 1. The summed E-state index contributed by atoms with van der Waals surface area (Å²) in [6.45, 7) is 3.95. The van der Waals surface area contributed by atoms with Gasteiger partial charge in [0.05, 0.1) is 6.04 Å². The van der Waals surface area contributed by atoms with Crippen molar-refractivity contribution in [1.82, 2.24) is 14.9 Å². The van der Waals surface area contributed by atoms with Crippen LogP contribution in [0.2, 0.25) is 5.02 Å². The van der Waals surface area contributed by atoms with E-state index in [1.54, 1.807) is 0 Å². The largest absolute Gasteiger partial charge is 0.325 e. The van der Waals surface area contributed by atoms with E-state index in [-0.39, 0.29) is 11.9 Å². The van der Waals surface area contributed by atoms with Crippen molar-refractivity contribution in [2.75, 3.05) is 10.7 Å². The smallest absolute Gasteiger partial charge is 0.240 e. The summed E-state index contributed by atoms with van der Waals surface area (Å²) in [4.78, 5) is 13.2. The van der Waals surface area contributed by atoms with Gasteiger partial charge in [0, 0.05) is 10.7 Å². The molecular formula is C20H20ClN5OS. The Bertz CT molecular complexity index is 1000. The molecule has 0 radical (unpaired) electrons. The average Bonchev–Trinajstić information content (AvgIpc) is 3.08. The van der Waals surface area contributed by atoms with E-state index >= 15 is 0 Å². The quantitative estimate of drug-likeness (QED) is 0.670. The van der Waals surface area contributed by atoms with E-state index in [9.17, 15) is 4.79 Å². The third-order valence-electron chi connectivity index (χ3n) is 4.74. The lowest BCUT2D eigenvalue weighted by Crippen LogP contribution is -2.41. The minimum absolute atomic E-state index is 0.0785. The second kappa shape index (κ2) is 7.85. The van der Waals surface area contributed by atoms with Crippen molar-refractivity contribution >= 4 is 35.0 Å². The number of rotatable bonds is 4. The highest BCUT2D eigenvalue weighted by Gasteiger charge is 2.37. The number of nitrogens with one attached hydrogen (secondary N) is 2. The summed E-state index contributed by atoms with van der Waals surface area (Å²) in [5.74, 6) is 0.668. The number of benzene rings is 2. The Morgan fingerprint density at radius 3 is 2.71 bits per heavy atom. The lowest BCUT2D eigenvalue weighted by atomic mass is 10.0. The maximum Gasteiger partial charge on any atom is 0.240 e. The van der Waals surface area contributed by atoms with Gasteiger partial charge in [0.25, 0.3) is 0 Å². The Kier molecular flexibility index (Phi) is 5.28. The number of aryl methyl sites for hydroxylation is 2. The molecule has 3 aromatic rings. The topological polar surface area (TPSA) is 71.8 Å². The molecule has 144 valence electrons. The van der Waals surface area contributed by atoms with Crippen LogP contribution in [0.1, 0.15) is 29.9 Å². The minimum atomic E-state index is -0.415. The van der Waals surface area contributed by atoms with E-state index in [1.807, 2.05) is 60.1 Å². The number of aromatic nitrogens is 3. The lowest BCUT2D eigenvalue weighted by Gasteiger charge is -2.33. The van der Waals surface area contributed by atoms with Crippen LogP contribution in [0.15, 0.2) is 53.7 Å². The van der Waals surface area contributed by atoms with Crippen LogP contribution < -0.4 is 10.7 Å². The molecule has 2 unspecified atom stereocenters. The predicted molar refractivity (Wildman–Crippen MR) is 112 cm³/mol. The SMILES string of the molecule is CCc1ccccc1NC(=O)C1Sc2nnc(C)n2NC1c1ccc(Cl)cc1. The van der Waals surface area contributed by atoms with Crippen molar-refractivity contribution in [2.45, 2.75) is 36.7 Å². The molecule has 2 heterocycles. The molecule has 1 aromatic heterocycles. The lowest BCUT2D eigenvalue weighted by molar-refractivity contribution is -0.116. The first kappa shape index (κ1) is 18.8. The second-order valence-electron chi connectivity index (χ2n) is 6.56. The van der Waals surface area contributed by atoms with Gasteiger partial charge in [-0.3, -0.25) is 4.79 Å². The van der Waals surface area contributed by atoms with Crippen molar-refractivity contribution < 1.29 is 4.79 Å². The molecule has 1 aliphatic heterocycles. The first-order chi connectivity index (χ1) is 13.6. The number of thioether (sulfide) groups is 1. The number of para-hydroxylation sites is 1. The van der Waals surface area contributed by atoms with Gasteiger partial charge in [-0.1, -0.05) is 60.6 Å². The molecule has 0 saturated carbocycles. The summed E-state index contributed by atoms with van der Waals surface area (Å²) in [5, 5.41) is 12.3. The molecule has 0 aliphatic carbocycles. The molecule has 0 fully saturated rings. The molecule has 28 heavy (non-hydrogen) atoms. The molecular weight excluding hydrogens is 394 g/mol. The number of amides is 1. The third-order valence-corrected chi connectivity index (χ3v) is 6.21. The van der Waals surface area contributed by atoms with E-state index in [0.29, 0.717) is 10.2 Å². The number of halogens is 1. The molecule has 1 aliphatic rings. The Hall–Kier alpha value is -2.51. The van der Waals surface area contributed by atoms with E-state index in [2.05, 4.69) is 27.9 Å². The highest BCUT2D eigenvalue weighted by Crippen LogP contribution is 2.37. The fourth-order valence-electron chi connectivity index (χ4n) is 3.24. The predicted octanol–water partition coefficient (Wildman–Crippen LogP) is 4.20. The van der Waals surface area contributed by atoms with Gasteiger partial charge in [-0.15, -0.1) is 10.2 Å². The van der Waals surface area contributed by atoms with Gasteiger partial charge in [-0.05, 0) is 42.7 Å². The number of nitrogens with zero attached hydrogens (tertiary/aromatic N) is 3. The molecule has 2 atom stereocenters. The second-order valence-corrected chi connectivity index (χ2v) is 8.11. The van der Waals surface area contributed by atoms with E-state index in [1.165, 1.54) is 11.8 Å². The normalized spacial score (nSPS) is 18.2. The average molecular weight is 414 g/mol. The van der Waals surface area contributed by atoms with Crippen molar-refractivity contribution in [1.29, 1.82) is 0 Å². The molecule has 6 nitrogen and oxygen atoms in total. The van der Waals surface area contributed by atoms with Crippen molar-refractivity contribution in [2.24, 2.45) is 0 Å². The number of carbonyl (C=O) groups excluding carboxylic acids is 1. The van der Waals surface area contributed by atoms with Gasteiger partial charge in [-0.25, -0.2) is 4.68 Å². The number of fused-ring (bicyclic) bond motifs is 1. The molecule has 0 spiro atoms. The van der Waals surface area contributed by atoms with Gasteiger partial charge in [0.1, 0.15) is 11.1 Å². The Labute approximate surface area is 172 Å². The summed E-state index contributed by atoms with van der Waals surface area (Å²) in [7, 11) is 0. The highest BCUT2D eigenvalue weighted by molar-refractivity contribution is 8.00. The van der Waals surface area contributed by atoms with Crippen molar-refractivity contribution in [3.63, 3.8) is 0 Å². The standard InChI is InChI=1S/C20H20ClN5OS/c1-3-13-6-4-5-7-16(13)22-19(27)18-17(14-8-10-15(21)11-9-14)25-26-12(2)23-24-20(26)28-18/h4-11,17-18,25H,3H2,1-2H3,(H,22,27). The first-order valence-corrected chi connectivity index (χ1v) is 10.3. The Morgan fingerprint density at radius 1 is 1.21 bits per heavy atom. The molecule has 8 heteroatoms. The van der Waals surface area contributed by atoms with Crippen molar-refractivity contribution in [3.05, 3.63) is 70.5 Å². The zero-order valence-electron chi connectivity index (χ0n) is 15.5. The summed E-state index contributed by atoms with van der Waals surface area (Å²) in [6, 6.07) is 15.2. The van der Waals surface area contributed by atoms with Crippen LogP contribution in [-0.2, 0) is 11.2 Å². The summed E-state index contributed by atoms with van der Waals surface area (Å²) < 4.78 is 1.83. The summed E-state index contributed by atoms with van der Waals surface area (Å²) in [6.07, 6.45) is 0.848. The van der Waals surface area contributed by atoms with Crippen LogP contribution in [0.3, 0.4) is 0 Å². The van der Waals surface area contributed by atoms with Gasteiger partial charge >= 0.3 is 0 Å². The van der Waals surface area contributed by atoms with Crippen LogP contribution in [0.5, 0.6) is 0 Å². The maximum atomic E-state index is 13.2. The highest BCUT2D eigenvalue weighted by atomic mass is 35.5. The van der Waals surface area contributed by atoms with Crippen LogP contribution in [0.4, 0.5) is 5.69 Å². The molecule has 2 aromatic carbocycles. The zero-order chi connectivity index (χ0) is 19.7. The minimum Gasteiger partial charge on any atom is -0.325 e. The van der Waals surface area contributed by atoms with Gasteiger partial charge in [0.2, 0.25) is 11.1 Å². The maximum absolute atomic E-state index is 13.2. The summed E-state index contributed by atoms with van der Waals surface area (Å²) in [5.41, 5.74) is 6.31. The van der Waals surface area contributed by atoms with Crippen LogP contribution in [0.25, 0.3) is 0 Å². The Balaban J connectivity index is 1.67. The van der Waals surface area contributed by atoms with Gasteiger partial charge in [0.15, 0.2) is 0 Å². The molecule has 0 saturated heterocycles. The Morgan fingerprint density at radius 2 is 1.96 bits per heavy atom. The van der Waals surface area contributed by atoms with Gasteiger partial charge in [-0.2, -0.15) is 0 Å². The first-order valence-electron chi connectivity index (χ1n) is 9.06. The van der Waals surface area contributed by atoms with E-state index in [0.717, 1.165) is 29.1 Å². The third kappa shape index (κ3) is 3.59. The van der Waals surface area contributed by atoms with E-state index < -0.39 is 5.25 Å². The monoisotopic (exact) mass is 413 g/mol. The molecule has 2 N–H and O–H groups in total. The van der Waals surface area contributed by atoms with Crippen LogP contribution in [0, 0.1) is 6.92 Å². The number of hydrogen-bond acceptors (Lipinski definition) is 5. The van der Waals surface area contributed by atoms with E-state index in [4.69, 9.17) is 11.6 Å². The summed E-state index contributed by atoms with van der Waals surface area (Å²) >= 11 is 7.46. The molecule has 4 rings (SSSR count). The zero-order valence-corrected chi connectivity index (χ0v) is 17.1.